The maximum Gasteiger partial charge on any atom is 0.417 e. The van der Waals surface area contributed by atoms with Gasteiger partial charge in [0, 0.05) is 86.9 Å². The number of fused-ring (bicyclic) bond motifs is 1. The van der Waals surface area contributed by atoms with E-state index in [0.29, 0.717) is 82.2 Å². The minimum absolute atomic E-state index is 0.0315. The SMILES string of the molecule is CC1(C)CCC(CN2CCN(c3ccc(C(=O)NS(=O)(=O)c4ccc(NCC5CCOCC5)c([N+](=O)[O-])c4)c(Oc4cnc5[nH]ccc5c4)c3)CC2)=C(c2ccc(Cl)cc2C(F)(F)F)C1. The van der Waals surface area contributed by atoms with Crippen molar-refractivity contribution in [3.63, 3.8) is 0 Å². The van der Waals surface area contributed by atoms with Crippen LogP contribution >= 0.6 is 11.6 Å². The van der Waals surface area contributed by atoms with Gasteiger partial charge in [0.25, 0.3) is 21.6 Å². The van der Waals surface area contributed by atoms with Crippen LogP contribution in [0, 0.1) is 21.4 Å². The van der Waals surface area contributed by atoms with Crippen LogP contribution < -0.4 is 19.7 Å². The smallest absolute Gasteiger partial charge is 0.417 e. The molecule has 2 fully saturated rings. The molecule has 2 aromatic heterocycles. The zero-order valence-electron chi connectivity index (χ0n) is 35.8. The van der Waals surface area contributed by atoms with E-state index in [1.807, 2.05) is 0 Å². The minimum atomic E-state index is -4.62. The molecule has 2 aliphatic heterocycles. The Morgan fingerprint density at radius 2 is 1.82 bits per heavy atom. The number of carbonyl (C=O) groups excluding carboxylic acids is 1. The standard InChI is InChI=1S/C46H49ClF3N7O7S/c1-45(2)13-9-31(38(25-45)36-6-3-32(47)22-39(36)46(48,49)50)28-55-15-17-56(18-16-55)33-4-7-37(42(23-33)64-34-21-30-10-14-51-43(30)53-27-34)44(58)54-65(61,62)35-5-8-40(41(24-35)57(59)60)52-26-29-11-19-63-20-12-29/h3-8,10,14,21-24,27,29,52H,9,11-13,15-20,25-26,28H2,1-2H3,(H,51,53)(H,54,58). The summed E-state index contributed by atoms with van der Waals surface area (Å²) in [5, 5.41) is 15.9. The Balaban J connectivity index is 1.02. The number of hydrogen-bond acceptors (Lipinski definition) is 11. The molecule has 1 amide bonds. The lowest BCUT2D eigenvalue weighted by Gasteiger charge is -2.39. The van der Waals surface area contributed by atoms with Crippen LogP contribution in [0.1, 0.15) is 67.4 Å². The number of anilines is 2. The van der Waals surface area contributed by atoms with E-state index in [4.69, 9.17) is 21.1 Å². The normalized spacial score (nSPS) is 17.6. The van der Waals surface area contributed by atoms with Crippen molar-refractivity contribution in [2.24, 2.45) is 11.3 Å². The summed E-state index contributed by atoms with van der Waals surface area (Å²) >= 11 is 6.05. The number of allylic oxidation sites excluding steroid dienone is 1. The molecule has 3 N–H and O–H groups in total. The van der Waals surface area contributed by atoms with Crippen LogP contribution in [0.2, 0.25) is 5.02 Å². The molecule has 0 unspecified atom stereocenters. The van der Waals surface area contributed by atoms with Crippen molar-refractivity contribution >= 4 is 61.2 Å². The average Bonchev–Trinajstić information content (AvgIpc) is 3.74. The van der Waals surface area contributed by atoms with Crippen LogP contribution in [-0.4, -0.2) is 86.6 Å². The van der Waals surface area contributed by atoms with E-state index in [1.165, 1.54) is 36.5 Å². The van der Waals surface area contributed by atoms with Gasteiger partial charge in [0.1, 0.15) is 22.8 Å². The molecular formula is C46H49ClF3N7O7S. The highest BCUT2D eigenvalue weighted by Crippen LogP contribution is 2.47. The summed E-state index contributed by atoms with van der Waals surface area (Å²) in [6.45, 7) is 8.57. The second-order valence-corrected chi connectivity index (χ2v) is 19.7. The molecule has 8 rings (SSSR count). The lowest BCUT2D eigenvalue weighted by molar-refractivity contribution is -0.384. The third-order valence-electron chi connectivity index (χ3n) is 12.4. The maximum absolute atomic E-state index is 14.3. The van der Waals surface area contributed by atoms with E-state index in [9.17, 15) is 36.5 Å². The predicted octanol–water partition coefficient (Wildman–Crippen LogP) is 9.68. The van der Waals surface area contributed by atoms with Crippen LogP contribution in [0.5, 0.6) is 11.5 Å². The van der Waals surface area contributed by atoms with Crippen LogP contribution in [0.4, 0.5) is 30.2 Å². The Hall–Kier alpha value is -5.69. The third-order valence-corrected chi connectivity index (χ3v) is 14.0. The van der Waals surface area contributed by atoms with Gasteiger partial charge in [0.15, 0.2) is 0 Å². The van der Waals surface area contributed by atoms with Crippen molar-refractivity contribution in [2.45, 2.75) is 57.0 Å². The number of nitro benzene ring substituents is 1. The maximum atomic E-state index is 14.3. The van der Waals surface area contributed by atoms with Crippen molar-refractivity contribution < 1.29 is 40.8 Å². The third kappa shape index (κ3) is 10.7. The molecule has 65 heavy (non-hydrogen) atoms. The number of hydrogen-bond donors (Lipinski definition) is 3. The number of amides is 1. The van der Waals surface area contributed by atoms with E-state index >= 15 is 0 Å². The Bertz CT molecular complexity index is 2750. The van der Waals surface area contributed by atoms with Crippen molar-refractivity contribution in [3.05, 3.63) is 117 Å². The molecule has 19 heteroatoms. The van der Waals surface area contributed by atoms with Crippen molar-refractivity contribution in [2.75, 3.05) is 62.7 Å². The van der Waals surface area contributed by atoms with Crippen LogP contribution in [-0.2, 0) is 20.9 Å². The number of nitro groups is 1. The van der Waals surface area contributed by atoms with Gasteiger partial charge in [-0.25, -0.2) is 18.1 Å². The largest absolute Gasteiger partial charge is 0.455 e. The summed E-state index contributed by atoms with van der Waals surface area (Å²) in [5.74, 6) is -0.460. The van der Waals surface area contributed by atoms with Crippen molar-refractivity contribution in [1.29, 1.82) is 0 Å². The lowest BCUT2D eigenvalue weighted by atomic mass is 9.72. The molecule has 3 aromatic carbocycles. The second-order valence-electron chi connectivity index (χ2n) is 17.6. The summed E-state index contributed by atoms with van der Waals surface area (Å²) in [5.41, 5.74) is 1.84. The van der Waals surface area contributed by atoms with Crippen molar-refractivity contribution in [3.8, 4) is 11.5 Å². The fourth-order valence-electron chi connectivity index (χ4n) is 8.74. The number of aromatic amines is 1. The number of H-pyrrole nitrogens is 1. The monoisotopic (exact) mass is 935 g/mol. The molecule has 4 heterocycles. The summed E-state index contributed by atoms with van der Waals surface area (Å²) in [7, 11) is -4.62. The predicted molar refractivity (Wildman–Crippen MR) is 242 cm³/mol. The highest BCUT2D eigenvalue weighted by molar-refractivity contribution is 7.90. The van der Waals surface area contributed by atoms with Crippen LogP contribution in [0.15, 0.2) is 89.6 Å². The highest BCUT2D eigenvalue weighted by Gasteiger charge is 2.38. The number of nitrogens with zero attached hydrogens (tertiary/aromatic N) is 4. The number of benzene rings is 3. The van der Waals surface area contributed by atoms with Gasteiger partial charge < -0.3 is 24.7 Å². The van der Waals surface area contributed by atoms with E-state index in [-0.39, 0.29) is 44.7 Å². The summed E-state index contributed by atoms with van der Waals surface area (Å²) < 4.78 is 84.0. The molecule has 0 spiro atoms. The van der Waals surface area contributed by atoms with E-state index in [0.717, 1.165) is 42.4 Å². The molecule has 3 aliphatic rings. The van der Waals surface area contributed by atoms with Crippen LogP contribution in [0.3, 0.4) is 0 Å². The Labute approximate surface area is 379 Å². The summed E-state index contributed by atoms with van der Waals surface area (Å²) in [6.07, 6.45) is 2.23. The number of aromatic nitrogens is 2. The molecule has 0 bridgehead atoms. The lowest BCUT2D eigenvalue weighted by Crippen LogP contribution is -2.47. The van der Waals surface area contributed by atoms with Gasteiger partial charge in [0.2, 0.25) is 0 Å². The molecule has 5 aromatic rings. The van der Waals surface area contributed by atoms with Gasteiger partial charge in [-0.3, -0.25) is 19.8 Å². The topological polar surface area (TPSA) is 172 Å². The van der Waals surface area contributed by atoms with Crippen LogP contribution in [0.25, 0.3) is 16.6 Å². The van der Waals surface area contributed by atoms with Gasteiger partial charge in [-0.2, -0.15) is 13.2 Å². The molecule has 0 saturated carbocycles. The second kappa shape index (κ2) is 18.7. The molecule has 344 valence electrons. The number of halogens is 4. The quantitative estimate of drug-likeness (QED) is 0.0758. The van der Waals surface area contributed by atoms with E-state index in [1.54, 1.807) is 30.5 Å². The zero-order valence-corrected chi connectivity index (χ0v) is 37.4. The summed E-state index contributed by atoms with van der Waals surface area (Å²) in [4.78, 5) is 36.6. The van der Waals surface area contributed by atoms with E-state index in [2.05, 4.69) is 43.7 Å². The average molecular weight is 936 g/mol. The van der Waals surface area contributed by atoms with Gasteiger partial charge >= 0.3 is 6.18 Å². The molecule has 2 saturated heterocycles. The first-order valence-corrected chi connectivity index (χ1v) is 23.3. The minimum Gasteiger partial charge on any atom is -0.455 e. The fraction of sp³-hybridized carbons (Fsp3) is 0.391. The summed E-state index contributed by atoms with van der Waals surface area (Å²) in [6, 6.07) is 15.8. The number of ether oxygens (including phenoxy) is 2. The van der Waals surface area contributed by atoms with E-state index < -0.39 is 43.2 Å². The van der Waals surface area contributed by atoms with Gasteiger partial charge in [-0.15, -0.1) is 0 Å². The van der Waals surface area contributed by atoms with Gasteiger partial charge in [0.05, 0.1) is 27.1 Å². The molecule has 14 nitrogen and oxygen atoms in total. The van der Waals surface area contributed by atoms with Crippen molar-refractivity contribution in [1.82, 2.24) is 19.6 Å². The number of pyridine rings is 1. The molecule has 1 aliphatic carbocycles. The Morgan fingerprint density at radius 3 is 2.55 bits per heavy atom. The number of carbonyl (C=O) groups is 1. The first-order valence-electron chi connectivity index (χ1n) is 21.4. The molecule has 0 atom stereocenters. The van der Waals surface area contributed by atoms with Gasteiger partial charge in [-0.05, 0) is 103 Å². The fourth-order valence-corrected chi connectivity index (χ4v) is 9.90. The molecular weight excluding hydrogens is 887 g/mol. The Morgan fingerprint density at radius 1 is 1.05 bits per heavy atom. The zero-order chi connectivity index (χ0) is 46.1. The number of piperazine rings is 1. The van der Waals surface area contributed by atoms with Gasteiger partial charge in [-0.1, -0.05) is 37.1 Å². The molecule has 0 radical (unpaired) electrons. The first-order chi connectivity index (χ1) is 30.9. The highest BCUT2D eigenvalue weighted by atomic mass is 35.5. The number of sulfonamides is 1. The first kappa shape index (κ1) is 45.9. The number of nitrogens with one attached hydrogen (secondary N) is 3. The Kier molecular flexibility index (Phi) is 13.2. The number of rotatable bonds is 13. The number of alkyl halides is 3.